The van der Waals surface area contributed by atoms with Gasteiger partial charge in [0.2, 0.25) is 0 Å². The van der Waals surface area contributed by atoms with Gasteiger partial charge in [0.15, 0.2) is 0 Å². The smallest absolute Gasteiger partial charge is 0.0628 e. The molecule has 0 saturated carbocycles. The summed E-state index contributed by atoms with van der Waals surface area (Å²) in [4.78, 5) is 2.42. The Morgan fingerprint density at radius 1 is 1.16 bits per heavy atom. The number of hydrogen-bond donors (Lipinski definition) is 2. The van der Waals surface area contributed by atoms with E-state index in [1.807, 2.05) is 0 Å². The minimum absolute atomic E-state index is 0.139. The molecule has 0 amide bonds. The van der Waals surface area contributed by atoms with Gasteiger partial charge in [0.1, 0.15) is 0 Å². The van der Waals surface area contributed by atoms with Crippen LogP contribution in [0.1, 0.15) is 34.7 Å². The van der Waals surface area contributed by atoms with E-state index >= 15 is 0 Å². The zero-order chi connectivity index (χ0) is 13.8. The van der Waals surface area contributed by atoms with Gasteiger partial charge in [0, 0.05) is 19.6 Å². The van der Waals surface area contributed by atoms with Crippen LogP contribution in [0.15, 0.2) is 12.1 Å². The Bertz CT molecular complexity index is 400. The highest BCUT2D eigenvalue weighted by atomic mass is 16.3. The van der Waals surface area contributed by atoms with Gasteiger partial charge in [0.25, 0.3) is 0 Å². The fourth-order valence-corrected chi connectivity index (χ4v) is 3.28. The molecule has 1 unspecified atom stereocenters. The Morgan fingerprint density at radius 3 is 2.47 bits per heavy atom. The molecular formula is C16H26N2O. The maximum absolute atomic E-state index is 9.88. The number of rotatable bonds is 3. The molecule has 0 bridgehead atoms. The quantitative estimate of drug-likeness (QED) is 0.874. The van der Waals surface area contributed by atoms with Crippen LogP contribution in [0.4, 0.5) is 0 Å². The molecule has 0 aromatic heterocycles. The molecule has 1 aromatic carbocycles. The van der Waals surface area contributed by atoms with Crippen LogP contribution in [0.5, 0.6) is 0 Å². The van der Waals surface area contributed by atoms with Crippen LogP contribution in [-0.2, 0) is 0 Å². The second kappa shape index (κ2) is 6.51. The van der Waals surface area contributed by atoms with Crippen molar-refractivity contribution in [2.45, 2.75) is 33.2 Å². The van der Waals surface area contributed by atoms with E-state index in [4.69, 9.17) is 0 Å². The average Bonchev–Trinajstić information content (AvgIpc) is 2.62. The minimum atomic E-state index is 0.139. The molecule has 1 saturated heterocycles. The monoisotopic (exact) mass is 262 g/mol. The Balaban J connectivity index is 2.30. The van der Waals surface area contributed by atoms with E-state index in [9.17, 15) is 5.11 Å². The highest BCUT2D eigenvalue weighted by Gasteiger charge is 2.23. The second-order valence-corrected chi connectivity index (χ2v) is 5.65. The third-order valence-electron chi connectivity index (χ3n) is 4.06. The first-order valence-electron chi connectivity index (χ1n) is 7.27. The lowest BCUT2D eigenvalue weighted by Gasteiger charge is -2.31. The van der Waals surface area contributed by atoms with Gasteiger partial charge >= 0.3 is 0 Å². The van der Waals surface area contributed by atoms with Crippen LogP contribution in [0.25, 0.3) is 0 Å². The van der Waals surface area contributed by atoms with Gasteiger partial charge in [-0.25, -0.2) is 0 Å². The van der Waals surface area contributed by atoms with Crippen molar-refractivity contribution in [3.05, 3.63) is 34.4 Å². The van der Waals surface area contributed by atoms with Crippen LogP contribution in [0.2, 0.25) is 0 Å². The average molecular weight is 262 g/mol. The first kappa shape index (κ1) is 14.5. The molecule has 1 aliphatic rings. The Morgan fingerprint density at radius 2 is 1.84 bits per heavy atom. The highest BCUT2D eigenvalue weighted by molar-refractivity contribution is 5.39. The van der Waals surface area contributed by atoms with Gasteiger partial charge in [-0.1, -0.05) is 17.7 Å². The van der Waals surface area contributed by atoms with Gasteiger partial charge < -0.3 is 10.4 Å². The van der Waals surface area contributed by atoms with Crippen molar-refractivity contribution in [2.75, 3.05) is 32.8 Å². The van der Waals surface area contributed by atoms with E-state index in [2.05, 4.69) is 43.1 Å². The Labute approximate surface area is 116 Å². The predicted molar refractivity (Wildman–Crippen MR) is 79.5 cm³/mol. The van der Waals surface area contributed by atoms with Crippen molar-refractivity contribution in [2.24, 2.45) is 0 Å². The molecule has 0 spiro atoms. The third kappa shape index (κ3) is 3.35. The van der Waals surface area contributed by atoms with E-state index in [0.717, 1.165) is 32.6 Å². The summed E-state index contributed by atoms with van der Waals surface area (Å²) in [5, 5.41) is 13.3. The van der Waals surface area contributed by atoms with Gasteiger partial charge in [0.05, 0.1) is 12.6 Å². The second-order valence-electron chi connectivity index (χ2n) is 5.65. The number of aliphatic hydroxyl groups excluding tert-OH is 1. The fraction of sp³-hybridized carbons (Fsp3) is 0.625. The summed E-state index contributed by atoms with van der Waals surface area (Å²) in [6.07, 6.45) is 1.15. The van der Waals surface area contributed by atoms with E-state index in [-0.39, 0.29) is 12.6 Å². The standard InChI is InChI=1S/C16H26N2O/c1-12-9-13(2)16(14(3)10-12)15(11-19)18-7-4-5-17-6-8-18/h9-10,15,17,19H,4-8,11H2,1-3H3. The van der Waals surface area contributed by atoms with Gasteiger partial charge in [-0.2, -0.15) is 0 Å². The van der Waals surface area contributed by atoms with Crippen LogP contribution >= 0.6 is 0 Å². The summed E-state index contributed by atoms with van der Waals surface area (Å²) < 4.78 is 0. The molecule has 0 radical (unpaired) electrons. The number of aliphatic hydroxyl groups is 1. The maximum Gasteiger partial charge on any atom is 0.0628 e. The molecule has 1 aliphatic heterocycles. The summed E-state index contributed by atoms with van der Waals surface area (Å²) in [5.41, 5.74) is 5.21. The third-order valence-corrected chi connectivity index (χ3v) is 4.06. The van der Waals surface area contributed by atoms with Crippen molar-refractivity contribution in [3.63, 3.8) is 0 Å². The van der Waals surface area contributed by atoms with E-state index in [0.29, 0.717) is 0 Å². The lowest BCUT2D eigenvalue weighted by molar-refractivity contribution is 0.129. The summed E-state index contributed by atoms with van der Waals surface area (Å²) in [5.74, 6) is 0. The zero-order valence-electron chi connectivity index (χ0n) is 12.4. The number of aryl methyl sites for hydroxylation is 3. The molecule has 19 heavy (non-hydrogen) atoms. The van der Waals surface area contributed by atoms with Gasteiger partial charge in [-0.3, -0.25) is 4.90 Å². The Kier molecular flexibility index (Phi) is 4.97. The molecule has 1 atom stereocenters. The molecule has 0 aliphatic carbocycles. The number of benzene rings is 1. The lowest BCUT2D eigenvalue weighted by atomic mass is 9.93. The van der Waals surface area contributed by atoms with Gasteiger partial charge in [-0.15, -0.1) is 0 Å². The van der Waals surface area contributed by atoms with Crippen LogP contribution < -0.4 is 5.32 Å². The Hall–Kier alpha value is -0.900. The van der Waals surface area contributed by atoms with Crippen molar-refractivity contribution >= 4 is 0 Å². The molecule has 2 rings (SSSR count). The van der Waals surface area contributed by atoms with E-state index in [1.165, 1.54) is 22.3 Å². The summed E-state index contributed by atoms with van der Waals surface area (Å²) in [7, 11) is 0. The number of hydrogen-bond acceptors (Lipinski definition) is 3. The van der Waals surface area contributed by atoms with Crippen LogP contribution in [0.3, 0.4) is 0 Å². The molecule has 1 heterocycles. The maximum atomic E-state index is 9.88. The number of nitrogens with zero attached hydrogens (tertiary/aromatic N) is 1. The molecule has 1 aromatic rings. The van der Waals surface area contributed by atoms with Crippen LogP contribution in [0, 0.1) is 20.8 Å². The fourth-order valence-electron chi connectivity index (χ4n) is 3.28. The zero-order valence-corrected chi connectivity index (χ0v) is 12.4. The predicted octanol–water partition coefficient (Wildman–Crippen LogP) is 1.94. The first-order chi connectivity index (χ1) is 9.13. The largest absolute Gasteiger partial charge is 0.394 e. The SMILES string of the molecule is Cc1cc(C)c(C(CO)N2CCCNCC2)c(C)c1. The van der Waals surface area contributed by atoms with Crippen molar-refractivity contribution in [3.8, 4) is 0 Å². The summed E-state index contributed by atoms with van der Waals surface area (Å²) in [6, 6.07) is 4.59. The summed E-state index contributed by atoms with van der Waals surface area (Å²) >= 11 is 0. The highest BCUT2D eigenvalue weighted by Crippen LogP contribution is 2.28. The molecule has 3 heteroatoms. The molecule has 3 nitrogen and oxygen atoms in total. The van der Waals surface area contributed by atoms with Crippen molar-refractivity contribution in [1.82, 2.24) is 10.2 Å². The molecule has 1 fully saturated rings. The van der Waals surface area contributed by atoms with Crippen molar-refractivity contribution < 1.29 is 5.11 Å². The molecule has 2 N–H and O–H groups in total. The first-order valence-corrected chi connectivity index (χ1v) is 7.27. The molecular weight excluding hydrogens is 236 g/mol. The van der Waals surface area contributed by atoms with E-state index in [1.54, 1.807) is 0 Å². The van der Waals surface area contributed by atoms with Gasteiger partial charge in [-0.05, 0) is 50.4 Å². The minimum Gasteiger partial charge on any atom is -0.394 e. The van der Waals surface area contributed by atoms with E-state index < -0.39 is 0 Å². The van der Waals surface area contributed by atoms with Crippen molar-refractivity contribution in [1.29, 1.82) is 0 Å². The summed E-state index contributed by atoms with van der Waals surface area (Å²) in [6.45, 7) is 10.8. The van der Waals surface area contributed by atoms with Crippen LogP contribution in [-0.4, -0.2) is 42.8 Å². The topological polar surface area (TPSA) is 35.5 Å². The molecule has 106 valence electrons. The number of nitrogens with one attached hydrogen (secondary N) is 1. The lowest BCUT2D eigenvalue weighted by Crippen LogP contribution is -2.35. The normalized spacial score (nSPS) is 19.2.